The summed E-state index contributed by atoms with van der Waals surface area (Å²) in [5.41, 5.74) is 2.87. The smallest absolute Gasteiger partial charge is 0.102 e. The van der Waals surface area contributed by atoms with E-state index in [4.69, 9.17) is 0 Å². The molecule has 2 rings (SSSR count). The first-order chi connectivity index (χ1) is 7.70. The van der Waals surface area contributed by atoms with E-state index >= 15 is 0 Å². The van der Waals surface area contributed by atoms with Gasteiger partial charge in [-0.25, -0.2) is 0 Å². The molecule has 0 saturated heterocycles. The Morgan fingerprint density at radius 3 is 1.44 bits per heavy atom. The fourth-order valence-corrected chi connectivity index (χ4v) is 5.01. The second-order valence-electron chi connectivity index (χ2n) is 4.43. The van der Waals surface area contributed by atoms with E-state index in [1.165, 1.54) is 11.1 Å². The Kier molecular flexibility index (Phi) is 3.49. The maximum Gasteiger partial charge on any atom is 0.343 e. The highest BCUT2D eigenvalue weighted by molar-refractivity contribution is 6.84. The van der Waals surface area contributed by atoms with Crippen LogP contribution in [0.2, 0.25) is 5.79 Å². The lowest BCUT2D eigenvalue weighted by molar-refractivity contribution is 1.49. The Bertz CT molecular complexity index is 443. The van der Waals surface area contributed by atoms with Crippen LogP contribution >= 0.6 is 0 Å². The van der Waals surface area contributed by atoms with E-state index in [1.807, 2.05) is 0 Å². The van der Waals surface area contributed by atoms with Crippen molar-refractivity contribution >= 4 is 23.0 Å². The highest BCUT2D eigenvalue weighted by Crippen LogP contribution is 2.00. The number of hydrogen-bond acceptors (Lipinski definition) is 0. The van der Waals surface area contributed by atoms with E-state index in [0.717, 1.165) is 0 Å². The van der Waals surface area contributed by atoms with Crippen molar-refractivity contribution in [1.82, 2.24) is 0 Å². The van der Waals surface area contributed by atoms with Crippen molar-refractivity contribution in [3.63, 3.8) is 0 Å². The lowest BCUT2D eigenvalue weighted by Crippen LogP contribution is -2.41. The Morgan fingerprint density at radius 1 is 0.688 bits per heavy atom. The molecule has 0 N–H and O–H groups in total. The molecular formula is C15H17Al. The molecule has 1 heteroatoms. The van der Waals surface area contributed by atoms with Gasteiger partial charge in [-0.05, 0) is 13.8 Å². The highest BCUT2D eigenvalue weighted by atomic mass is 27.2. The van der Waals surface area contributed by atoms with Crippen LogP contribution in [-0.2, 0) is 0 Å². The largest absolute Gasteiger partial charge is 0.343 e. The molecule has 0 saturated carbocycles. The van der Waals surface area contributed by atoms with E-state index in [-0.39, 0.29) is 0 Å². The van der Waals surface area contributed by atoms with Gasteiger partial charge in [0.05, 0.1) is 0 Å². The van der Waals surface area contributed by atoms with Crippen LogP contribution in [0.3, 0.4) is 0 Å². The van der Waals surface area contributed by atoms with Crippen LogP contribution in [0.4, 0.5) is 0 Å². The Balaban J connectivity index is 2.44. The minimum atomic E-state index is -0.997. The normalized spacial score (nSPS) is 10.2. The summed E-state index contributed by atoms with van der Waals surface area (Å²) in [6.45, 7) is 4.44. The van der Waals surface area contributed by atoms with Crippen LogP contribution in [0.25, 0.3) is 0 Å². The average Bonchev–Trinajstić information content (AvgIpc) is 2.29. The minimum Gasteiger partial charge on any atom is -0.102 e. The van der Waals surface area contributed by atoms with Gasteiger partial charge in [0.2, 0.25) is 0 Å². The van der Waals surface area contributed by atoms with Gasteiger partial charge in [0.1, 0.15) is 0 Å². The third-order valence-electron chi connectivity index (χ3n) is 3.31. The van der Waals surface area contributed by atoms with E-state index in [1.54, 1.807) is 8.85 Å². The zero-order chi connectivity index (χ0) is 11.5. The second-order valence-corrected chi connectivity index (χ2v) is 7.12. The van der Waals surface area contributed by atoms with Gasteiger partial charge >= 0.3 is 14.1 Å². The standard InChI is InChI=1S/2C7H7.CH3.Al/c2*1-7-5-3-2-4-6-7;;/h2*2-5H,1H3;1H3;. The zero-order valence-electron chi connectivity index (χ0n) is 10.2. The van der Waals surface area contributed by atoms with Crippen molar-refractivity contribution < 1.29 is 0 Å². The second kappa shape index (κ2) is 4.87. The SMILES string of the molecule is Cc1cccc[c]1[Al]([CH3])[c]1ccccc1C. The maximum atomic E-state index is 2.42. The molecule has 0 nitrogen and oxygen atoms in total. The van der Waals surface area contributed by atoms with Crippen LogP contribution in [0.1, 0.15) is 11.1 Å². The third-order valence-corrected chi connectivity index (χ3v) is 6.47. The summed E-state index contributed by atoms with van der Waals surface area (Å²) in [4.78, 5) is 0. The van der Waals surface area contributed by atoms with E-state index in [9.17, 15) is 0 Å². The van der Waals surface area contributed by atoms with Crippen LogP contribution < -0.4 is 8.85 Å². The van der Waals surface area contributed by atoms with Gasteiger partial charge in [0, 0.05) is 0 Å². The van der Waals surface area contributed by atoms with E-state index in [0.29, 0.717) is 0 Å². The molecule has 80 valence electrons. The van der Waals surface area contributed by atoms with Crippen LogP contribution in [0, 0.1) is 13.8 Å². The third kappa shape index (κ3) is 2.22. The van der Waals surface area contributed by atoms with Crippen molar-refractivity contribution in [2.24, 2.45) is 0 Å². The van der Waals surface area contributed by atoms with Gasteiger partial charge in [0.15, 0.2) is 0 Å². The Hall–Kier alpha value is -1.03. The van der Waals surface area contributed by atoms with Gasteiger partial charge in [-0.1, -0.05) is 65.4 Å². The quantitative estimate of drug-likeness (QED) is 0.688. The summed E-state index contributed by atoms with van der Waals surface area (Å²) in [5, 5.41) is 0. The van der Waals surface area contributed by atoms with Crippen molar-refractivity contribution in [2.75, 3.05) is 0 Å². The van der Waals surface area contributed by atoms with Crippen molar-refractivity contribution in [3.8, 4) is 0 Å². The maximum absolute atomic E-state index is 2.42. The topological polar surface area (TPSA) is 0 Å². The molecule has 2 aromatic carbocycles. The van der Waals surface area contributed by atoms with Crippen molar-refractivity contribution in [2.45, 2.75) is 19.6 Å². The molecule has 0 radical (unpaired) electrons. The number of benzene rings is 2. The lowest BCUT2D eigenvalue weighted by Gasteiger charge is -2.13. The monoisotopic (exact) mass is 224 g/mol. The first-order valence-electron chi connectivity index (χ1n) is 5.81. The summed E-state index contributed by atoms with van der Waals surface area (Å²) >= 11 is -0.997. The molecule has 0 spiro atoms. The summed E-state index contributed by atoms with van der Waals surface area (Å²) in [6, 6.07) is 17.6. The molecule has 0 amide bonds. The van der Waals surface area contributed by atoms with E-state index in [2.05, 4.69) is 68.2 Å². The molecule has 0 atom stereocenters. The van der Waals surface area contributed by atoms with Gasteiger partial charge in [0.25, 0.3) is 0 Å². The lowest BCUT2D eigenvalue weighted by atomic mass is 10.2. The van der Waals surface area contributed by atoms with Crippen molar-refractivity contribution in [1.29, 1.82) is 0 Å². The molecule has 0 heterocycles. The predicted octanol–water partition coefficient (Wildman–Crippen LogP) is 2.54. The van der Waals surface area contributed by atoms with Gasteiger partial charge in [-0.3, -0.25) is 0 Å². The van der Waals surface area contributed by atoms with E-state index < -0.39 is 14.1 Å². The van der Waals surface area contributed by atoms with Crippen molar-refractivity contribution in [3.05, 3.63) is 59.7 Å². The summed E-state index contributed by atoms with van der Waals surface area (Å²) in [6.07, 6.45) is 0. The van der Waals surface area contributed by atoms with Gasteiger partial charge in [-0.15, -0.1) is 8.85 Å². The average molecular weight is 224 g/mol. The first-order valence-corrected chi connectivity index (χ1v) is 8.12. The fraction of sp³-hybridized carbons (Fsp3) is 0.200. The number of hydrogen-bond donors (Lipinski definition) is 0. The molecular weight excluding hydrogens is 207 g/mol. The number of aryl methyl sites for hydroxylation is 2. The minimum absolute atomic E-state index is 0.997. The van der Waals surface area contributed by atoms with Crippen LogP contribution in [-0.4, -0.2) is 14.1 Å². The molecule has 16 heavy (non-hydrogen) atoms. The zero-order valence-corrected chi connectivity index (χ0v) is 11.4. The molecule has 0 bridgehead atoms. The van der Waals surface area contributed by atoms with Crippen LogP contribution in [0.5, 0.6) is 0 Å². The molecule has 0 aliphatic carbocycles. The Labute approximate surface area is 102 Å². The molecule has 0 fully saturated rings. The molecule has 2 aromatic rings. The number of rotatable bonds is 2. The first kappa shape index (κ1) is 11.5. The molecule has 0 aliphatic rings. The van der Waals surface area contributed by atoms with Crippen LogP contribution in [0.15, 0.2) is 48.5 Å². The molecule has 0 aliphatic heterocycles. The van der Waals surface area contributed by atoms with Gasteiger partial charge < -0.3 is 0 Å². The predicted molar refractivity (Wildman–Crippen MR) is 73.2 cm³/mol. The highest BCUT2D eigenvalue weighted by Gasteiger charge is 2.18. The summed E-state index contributed by atoms with van der Waals surface area (Å²) in [5.74, 6) is 2.42. The Morgan fingerprint density at radius 2 is 1.06 bits per heavy atom. The molecule has 0 unspecified atom stereocenters. The summed E-state index contributed by atoms with van der Waals surface area (Å²) in [7, 11) is 0. The molecule has 0 aromatic heterocycles. The summed E-state index contributed by atoms with van der Waals surface area (Å²) < 4.78 is 3.13. The fourth-order valence-electron chi connectivity index (χ4n) is 2.31. The van der Waals surface area contributed by atoms with Gasteiger partial charge in [-0.2, -0.15) is 0 Å².